The summed E-state index contributed by atoms with van der Waals surface area (Å²) in [4.78, 5) is 31.9. The minimum Gasteiger partial charge on any atom is -0.322 e. The SMILES string of the molecule is O=C(Nc1ccc(C(=O)N2C[C@@H]3C4CCC(C4)N3Cc3ccccc32)c(Cl)c1)c1ccccc1-c1ccccc1. The van der Waals surface area contributed by atoms with Crippen LogP contribution in [0.15, 0.2) is 97.1 Å². The lowest BCUT2D eigenvalue weighted by molar-refractivity contribution is 0.0961. The number of para-hydroxylation sites is 1. The van der Waals surface area contributed by atoms with Crippen molar-refractivity contribution in [3.05, 3.63) is 119 Å². The molecular weight excluding hydrogens is 518 g/mol. The third kappa shape index (κ3) is 4.40. The summed E-state index contributed by atoms with van der Waals surface area (Å²) in [6.07, 6.45) is 3.73. The molecule has 1 N–H and O–H groups in total. The van der Waals surface area contributed by atoms with Crippen molar-refractivity contribution < 1.29 is 9.59 Å². The Bertz CT molecular complexity index is 1600. The van der Waals surface area contributed by atoms with Crippen LogP contribution in [-0.2, 0) is 6.54 Å². The van der Waals surface area contributed by atoms with E-state index in [0.717, 1.165) is 23.4 Å². The first-order valence-corrected chi connectivity index (χ1v) is 14.4. The van der Waals surface area contributed by atoms with Crippen molar-refractivity contribution >= 4 is 34.8 Å². The van der Waals surface area contributed by atoms with Gasteiger partial charge in [-0.1, -0.05) is 78.3 Å². The van der Waals surface area contributed by atoms with Gasteiger partial charge in [0, 0.05) is 42.1 Å². The second-order valence-electron chi connectivity index (χ2n) is 11.1. The van der Waals surface area contributed by atoms with Crippen LogP contribution in [0.3, 0.4) is 0 Å². The van der Waals surface area contributed by atoms with Crippen LogP contribution in [-0.4, -0.2) is 35.3 Å². The lowest BCUT2D eigenvalue weighted by atomic mass is 9.98. The number of hydrogen-bond donors (Lipinski definition) is 1. The van der Waals surface area contributed by atoms with Crippen LogP contribution < -0.4 is 10.2 Å². The molecule has 40 heavy (non-hydrogen) atoms. The summed E-state index contributed by atoms with van der Waals surface area (Å²) in [7, 11) is 0. The molecule has 0 radical (unpaired) electrons. The molecule has 2 heterocycles. The second-order valence-corrected chi connectivity index (χ2v) is 11.5. The maximum absolute atomic E-state index is 14.0. The number of nitrogens with zero attached hydrogens (tertiary/aromatic N) is 2. The normalized spacial score (nSPS) is 21.4. The molecule has 3 atom stereocenters. The number of piperidine rings is 1. The predicted molar refractivity (Wildman–Crippen MR) is 160 cm³/mol. The second kappa shape index (κ2) is 10.2. The van der Waals surface area contributed by atoms with Crippen LogP contribution in [0, 0.1) is 5.92 Å². The zero-order chi connectivity index (χ0) is 27.2. The zero-order valence-electron chi connectivity index (χ0n) is 22.1. The average Bonchev–Trinajstić information content (AvgIpc) is 3.54. The van der Waals surface area contributed by atoms with Crippen LogP contribution in [0.4, 0.5) is 11.4 Å². The minimum absolute atomic E-state index is 0.102. The number of rotatable bonds is 4. The number of anilines is 2. The number of fused-ring (bicyclic) bond motifs is 6. The summed E-state index contributed by atoms with van der Waals surface area (Å²) >= 11 is 6.73. The first-order chi connectivity index (χ1) is 19.6. The zero-order valence-corrected chi connectivity index (χ0v) is 22.9. The predicted octanol–water partition coefficient (Wildman–Crippen LogP) is 7.27. The summed E-state index contributed by atoms with van der Waals surface area (Å²) in [5.41, 5.74) is 5.53. The number of carbonyl (C=O) groups excluding carboxylic acids is 2. The molecule has 6 heteroatoms. The highest BCUT2D eigenvalue weighted by atomic mass is 35.5. The largest absolute Gasteiger partial charge is 0.322 e. The molecule has 4 aromatic rings. The van der Waals surface area contributed by atoms with Crippen molar-refractivity contribution in [1.82, 2.24) is 4.90 Å². The molecule has 4 aromatic carbocycles. The molecule has 5 nitrogen and oxygen atoms in total. The fraction of sp³-hybridized carbons (Fsp3) is 0.235. The molecule has 2 unspecified atom stereocenters. The molecule has 2 bridgehead atoms. The maximum atomic E-state index is 14.0. The van der Waals surface area contributed by atoms with Gasteiger partial charge in [0.1, 0.15) is 0 Å². The van der Waals surface area contributed by atoms with Crippen molar-refractivity contribution in [1.29, 1.82) is 0 Å². The minimum atomic E-state index is -0.229. The van der Waals surface area contributed by atoms with E-state index >= 15 is 0 Å². The Hall–Kier alpha value is -3.93. The molecule has 7 rings (SSSR count). The molecule has 2 fully saturated rings. The van der Waals surface area contributed by atoms with Crippen LogP contribution in [0.2, 0.25) is 5.02 Å². The molecule has 1 saturated carbocycles. The van der Waals surface area contributed by atoms with E-state index in [1.54, 1.807) is 18.2 Å². The molecule has 1 aliphatic carbocycles. The van der Waals surface area contributed by atoms with E-state index in [4.69, 9.17) is 11.6 Å². The first kappa shape index (κ1) is 25.1. The number of amides is 2. The Morgan fingerprint density at radius 2 is 1.60 bits per heavy atom. The highest BCUT2D eigenvalue weighted by Gasteiger charge is 2.48. The van der Waals surface area contributed by atoms with Crippen molar-refractivity contribution in [2.45, 2.75) is 37.9 Å². The topological polar surface area (TPSA) is 52.7 Å². The third-order valence-electron chi connectivity index (χ3n) is 8.85. The molecule has 0 aromatic heterocycles. The highest BCUT2D eigenvalue weighted by molar-refractivity contribution is 6.35. The molecule has 0 spiro atoms. The van der Waals surface area contributed by atoms with Crippen molar-refractivity contribution in [3.8, 4) is 11.1 Å². The standard InChI is InChI=1S/C34H30ClN3O2/c35-30-19-25(36-33(39)28-12-6-5-11-27(28)22-8-2-1-3-9-22)15-17-29(30)34(40)38-21-32-23-14-16-26(18-23)37(32)20-24-10-4-7-13-31(24)38/h1-13,15,17,19,23,26,32H,14,16,18,20-21H2,(H,36,39)/t23?,26?,32-/m1/s1. The lowest BCUT2D eigenvalue weighted by Crippen LogP contribution is -2.46. The maximum Gasteiger partial charge on any atom is 0.259 e. The van der Waals surface area contributed by atoms with Crippen molar-refractivity contribution in [3.63, 3.8) is 0 Å². The molecule has 2 amide bonds. The lowest BCUT2D eigenvalue weighted by Gasteiger charge is -2.35. The Balaban J connectivity index is 1.15. The van der Waals surface area contributed by atoms with Crippen LogP contribution in [0.25, 0.3) is 11.1 Å². The third-order valence-corrected chi connectivity index (χ3v) is 9.16. The van der Waals surface area contributed by atoms with E-state index in [9.17, 15) is 9.59 Å². The van der Waals surface area contributed by atoms with Gasteiger partial charge in [-0.2, -0.15) is 0 Å². The van der Waals surface area contributed by atoms with Gasteiger partial charge in [0.15, 0.2) is 0 Å². The monoisotopic (exact) mass is 547 g/mol. The Morgan fingerprint density at radius 1 is 0.825 bits per heavy atom. The number of nitrogens with one attached hydrogen (secondary N) is 1. The fourth-order valence-corrected chi connectivity index (χ4v) is 7.19. The number of halogens is 1. The van der Waals surface area contributed by atoms with Crippen molar-refractivity contribution in [2.24, 2.45) is 5.92 Å². The van der Waals surface area contributed by atoms with Gasteiger partial charge >= 0.3 is 0 Å². The molecular formula is C34H30ClN3O2. The Kier molecular flexibility index (Phi) is 6.41. The van der Waals surface area contributed by atoms with Gasteiger partial charge in [-0.3, -0.25) is 14.5 Å². The van der Waals surface area contributed by atoms with Gasteiger partial charge in [-0.25, -0.2) is 0 Å². The van der Waals surface area contributed by atoms with Gasteiger partial charge < -0.3 is 10.2 Å². The fourth-order valence-electron chi connectivity index (χ4n) is 6.93. The van der Waals surface area contributed by atoms with E-state index in [-0.39, 0.29) is 11.8 Å². The quantitative estimate of drug-likeness (QED) is 0.292. The van der Waals surface area contributed by atoms with E-state index in [0.29, 0.717) is 46.4 Å². The summed E-state index contributed by atoms with van der Waals surface area (Å²) in [6.45, 7) is 1.55. The van der Waals surface area contributed by atoms with Crippen molar-refractivity contribution in [2.75, 3.05) is 16.8 Å². The van der Waals surface area contributed by atoms with E-state index in [1.807, 2.05) is 71.6 Å². The Morgan fingerprint density at radius 3 is 2.45 bits per heavy atom. The Labute approximate surface area is 239 Å². The number of benzene rings is 4. The molecule has 1 saturated heterocycles. The average molecular weight is 548 g/mol. The van der Waals surface area contributed by atoms with E-state index in [2.05, 4.69) is 22.3 Å². The van der Waals surface area contributed by atoms with E-state index in [1.165, 1.54) is 24.8 Å². The van der Waals surface area contributed by atoms with Crippen LogP contribution in [0.5, 0.6) is 0 Å². The summed E-state index contributed by atoms with van der Waals surface area (Å²) < 4.78 is 0. The van der Waals surface area contributed by atoms with Gasteiger partial charge in [0.05, 0.1) is 10.6 Å². The van der Waals surface area contributed by atoms with Gasteiger partial charge in [-0.05, 0) is 72.2 Å². The summed E-state index contributed by atoms with van der Waals surface area (Å²) in [5.74, 6) is 0.309. The van der Waals surface area contributed by atoms with Crippen LogP contribution >= 0.6 is 11.6 Å². The number of carbonyl (C=O) groups is 2. The van der Waals surface area contributed by atoms with E-state index < -0.39 is 0 Å². The first-order valence-electron chi connectivity index (χ1n) is 14.0. The highest BCUT2D eigenvalue weighted by Crippen LogP contribution is 2.46. The van der Waals surface area contributed by atoms with Gasteiger partial charge in [0.2, 0.25) is 0 Å². The van der Waals surface area contributed by atoms with Gasteiger partial charge in [0.25, 0.3) is 11.8 Å². The molecule has 200 valence electrons. The van der Waals surface area contributed by atoms with Crippen LogP contribution in [0.1, 0.15) is 45.5 Å². The summed E-state index contributed by atoms with van der Waals surface area (Å²) in [6, 6.07) is 31.8. The summed E-state index contributed by atoms with van der Waals surface area (Å²) in [5, 5.41) is 3.30. The van der Waals surface area contributed by atoms with Gasteiger partial charge in [-0.15, -0.1) is 0 Å². The smallest absolute Gasteiger partial charge is 0.259 e. The molecule has 3 aliphatic rings. The molecule has 2 aliphatic heterocycles. The number of hydrogen-bond acceptors (Lipinski definition) is 3.